The van der Waals surface area contributed by atoms with Gasteiger partial charge in [0.25, 0.3) is 11.8 Å². The Morgan fingerprint density at radius 3 is 2.46 bits per heavy atom. The summed E-state index contributed by atoms with van der Waals surface area (Å²) >= 11 is 0. The second kappa shape index (κ2) is 9.93. The quantitative estimate of drug-likeness (QED) is 0.549. The van der Waals surface area contributed by atoms with Crippen LogP contribution in [0, 0.1) is 13.8 Å². The molecule has 0 spiro atoms. The van der Waals surface area contributed by atoms with Crippen molar-refractivity contribution in [3.05, 3.63) is 29.3 Å². The summed E-state index contributed by atoms with van der Waals surface area (Å²) in [5.41, 5.74) is 2.28. The van der Waals surface area contributed by atoms with Gasteiger partial charge in [-0.05, 0) is 39.3 Å². The fourth-order valence-electron chi connectivity index (χ4n) is 2.36. The zero-order chi connectivity index (χ0) is 18.1. The number of amides is 2. The number of likely N-dealkylation sites (N-methyl/N-ethyl adjacent to an activating group) is 1. The van der Waals surface area contributed by atoms with Crippen molar-refractivity contribution in [1.82, 2.24) is 10.6 Å². The lowest BCUT2D eigenvalue weighted by Crippen LogP contribution is -3.11. The molecule has 0 saturated carbocycles. The van der Waals surface area contributed by atoms with E-state index in [0.717, 1.165) is 16.2 Å². The number of aryl methyl sites for hydroxylation is 2. The van der Waals surface area contributed by atoms with Gasteiger partial charge in [-0.15, -0.1) is 0 Å². The van der Waals surface area contributed by atoms with Crippen molar-refractivity contribution in [2.24, 2.45) is 0 Å². The van der Waals surface area contributed by atoms with Crippen molar-refractivity contribution < 1.29 is 19.2 Å². The Balaban J connectivity index is 2.22. The van der Waals surface area contributed by atoms with Crippen LogP contribution in [0.15, 0.2) is 18.2 Å². The van der Waals surface area contributed by atoms with Gasteiger partial charge in [0.1, 0.15) is 12.4 Å². The molecular formula is C18H30N3O3+. The van der Waals surface area contributed by atoms with Gasteiger partial charge in [0, 0.05) is 6.04 Å². The standard InChI is InChI=1S/C18H29N3O3/c1-13(2)20-18(23)12-21(5)11-17(22)19-8-9-24-16-7-6-14(3)10-15(16)4/h6-7,10,13H,8-9,11-12H2,1-5H3,(H,19,22)(H,20,23)/p+1. The first-order chi connectivity index (χ1) is 11.3. The summed E-state index contributed by atoms with van der Waals surface area (Å²) in [6, 6.07) is 6.12. The molecule has 6 heteroatoms. The third kappa shape index (κ3) is 7.97. The summed E-state index contributed by atoms with van der Waals surface area (Å²) < 4.78 is 5.67. The van der Waals surface area contributed by atoms with Crippen LogP contribution < -0.4 is 20.3 Å². The molecule has 3 N–H and O–H groups in total. The molecule has 0 saturated heterocycles. The largest absolute Gasteiger partial charge is 0.491 e. The lowest BCUT2D eigenvalue weighted by Gasteiger charge is -2.15. The van der Waals surface area contributed by atoms with Crippen molar-refractivity contribution >= 4 is 11.8 Å². The second-order valence-corrected chi connectivity index (χ2v) is 6.50. The van der Waals surface area contributed by atoms with Gasteiger partial charge in [0.2, 0.25) is 0 Å². The van der Waals surface area contributed by atoms with E-state index in [0.29, 0.717) is 13.2 Å². The Labute approximate surface area is 144 Å². The molecule has 0 aliphatic carbocycles. The monoisotopic (exact) mass is 336 g/mol. The number of rotatable bonds is 9. The van der Waals surface area contributed by atoms with Crippen LogP contribution in [0.25, 0.3) is 0 Å². The highest BCUT2D eigenvalue weighted by Crippen LogP contribution is 2.18. The number of carbonyl (C=O) groups is 2. The van der Waals surface area contributed by atoms with Crippen LogP contribution in [-0.2, 0) is 9.59 Å². The molecule has 1 unspecified atom stereocenters. The topological polar surface area (TPSA) is 71.9 Å². The van der Waals surface area contributed by atoms with Gasteiger partial charge in [-0.1, -0.05) is 17.7 Å². The third-order valence-corrected chi connectivity index (χ3v) is 3.39. The second-order valence-electron chi connectivity index (χ2n) is 6.50. The van der Waals surface area contributed by atoms with E-state index >= 15 is 0 Å². The zero-order valence-electron chi connectivity index (χ0n) is 15.4. The smallest absolute Gasteiger partial charge is 0.275 e. The predicted octanol–water partition coefficient (Wildman–Crippen LogP) is -0.162. The molecule has 1 atom stereocenters. The molecule has 2 amide bonds. The molecule has 0 aliphatic rings. The van der Waals surface area contributed by atoms with Crippen LogP contribution in [0.5, 0.6) is 5.75 Å². The van der Waals surface area contributed by atoms with E-state index in [4.69, 9.17) is 4.74 Å². The predicted molar refractivity (Wildman–Crippen MR) is 94.3 cm³/mol. The average molecular weight is 336 g/mol. The van der Waals surface area contributed by atoms with E-state index < -0.39 is 0 Å². The Hall–Kier alpha value is -2.08. The van der Waals surface area contributed by atoms with Gasteiger partial charge in [-0.3, -0.25) is 9.59 Å². The molecule has 0 radical (unpaired) electrons. The molecule has 24 heavy (non-hydrogen) atoms. The van der Waals surface area contributed by atoms with E-state index in [1.54, 1.807) is 0 Å². The molecule has 0 bridgehead atoms. The minimum Gasteiger partial charge on any atom is -0.491 e. The van der Waals surface area contributed by atoms with Crippen molar-refractivity contribution in [3.8, 4) is 5.75 Å². The van der Waals surface area contributed by atoms with Crippen molar-refractivity contribution in [1.29, 1.82) is 0 Å². The summed E-state index contributed by atoms with van der Waals surface area (Å²) in [4.78, 5) is 24.3. The first-order valence-electron chi connectivity index (χ1n) is 8.35. The average Bonchev–Trinajstić information content (AvgIpc) is 2.44. The number of carbonyl (C=O) groups excluding carboxylic acids is 2. The molecular weight excluding hydrogens is 306 g/mol. The van der Waals surface area contributed by atoms with E-state index in [2.05, 4.69) is 16.7 Å². The van der Waals surface area contributed by atoms with Crippen molar-refractivity contribution in [3.63, 3.8) is 0 Å². The molecule has 0 aliphatic heterocycles. The van der Waals surface area contributed by atoms with Crippen LogP contribution >= 0.6 is 0 Å². The highest BCUT2D eigenvalue weighted by Gasteiger charge is 2.14. The SMILES string of the molecule is Cc1ccc(OCCNC(=O)C[NH+](C)CC(=O)NC(C)C)c(C)c1. The molecule has 6 nitrogen and oxygen atoms in total. The summed E-state index contributed by atoms with van der Waals surface area (Å²) in [5, 5.41) is 5.63. The number of ether oxygens (including phenoxy) is 1. The van der Waals surface area contributed by atoms with Crippen LogP contribution in [-0.4, -0.2) is 51.1 Å². The lowest BCUT2D eigenvalue weighted by atomic mass is 10.1. The van der Waals surface area contributed by atoms with Gasteiger partial charge in [0.05, 0.1) is 13.6 Å². The number of nitrogens with one attached hydrogen (secondary N) is 3. The van der Waals surface area contributed by atoms with Gasteiger partial charge >= 0.3 is 0 Å². The fourth-order valence-corrected chi connectivity index (χ4v) is 2.36. The maximum Gasteiger partial charge on any atom is 0.275 e. The summed E-state index contributed by atoms with van der Waals surface area (Å²) in [7, 11) is 1.83. The van der Waals surface area contributed by atoms with Crippen molar-refractivity contribution in [2.75, 3.05) is 33.3 Å². The number of benzene rings is 1. The van der Waals surface area contributed by atoms with Gasteiger partial charge < -0.3 is 20.3 Å². The maximum atomic E-state index is 11.9. The van der Waals surface area contributed by atoms with Crippen LogP contribution in [0.3, 0.4) is 0 Å². The molecule has 1 aromatic carbocycles. The van der Waals surface area contributed by atoms with E-state index in [1.165, 1.54) is 5.56 Å². The van der Waals surface area contributed by atoms with E-state index in [1.807, 2.05) is 46.9 Å². The Morgan fingerprint density at radius 2 is 1.83 bits per heavy atom. The van der Waals surface area contributed by atoms with E-state index in [-0.39, 0.29) is 30.9 Å². The molecule has 1 aromatic rings. The Morgan fingerprint density at radius 1 is 1.17 bits per heavy atom. The first kappa shape index (κ1) is 20.0. The molecule has 134 valence electrons. The van der Waals surface area contributed by atoms with E-state index in [9.17, 15) is 9.59 Å². The number of quaternary nitrogens is 1. The van der Waals surface area contributed by atoms with Crippen LogP contribution in [0.1, 0.15) is 25.0 Å². The normalized spacial score (nSPS) is 11.9. The minimum absolute atomic E-state index is 0.0477. The van der Waals surface area contributed by atoms with Crippen LogP contribution in [0.4, 0.5) is 0 Å². The molecule has 0 aromatic heterocycles. The number of hydrogen-bond acceptors (Lipinski definition) is 3. The highest BCUT2D eigenvalue weighted by atomic mass is 16.5. The summed E-state index contributed by atoms with van der Waals surface area (Å²) in [6.07, 6.45) is 0. The van der Waals surface area contributed by atoms with Gasteiger partial charge in [0.15, 0.2) is 13.1 Å². The van der Waals surface area contributed by atoms with Crippen LogP contribution in [0.2, 0.25) is 0 Å². The van der Waals surface area contributed by atoms with Gasteiger partial charge in [-0.2, -0.15) is 0 Å². The Kier molecular flexibility index (Phi) is 8.26. The van der Waals surface area contributed by atoms with Gasteiger partial charge in [-0.25, -0.2) is 0 Å². The number of hydrogen-bond donors (Lipinski definition) is 3. The summed E-state index contributed by atoms with van der Waals surface area (Å²) in [5.74, 6) is 0.700. The highest BCUT2D eigenvalue weighted by molar-refractivity contribution is 5.79. The third-order valence-electron chi connectivity index (χ3n) is 3.39. The maximum absolute atomic E-state index is 11.9. The fraction of sp³-hybridized carbons (Fsp3) is 0.556. The first-order valence-corrected chi connectivity index (χ1v) is 8.35. The molecule has 1 rings (SSSR count). The molecule has 0 fully saturated rings. The summed E-state index contributed by atoms with van der Waals surface area (Å²) in [6.45, 7) is 9.27. The molecule has 0 heterocycles. The van der Waals surface area contributed by atoms with Crippen molar-refractivity contribution in [2.45, 2.75) is 33.7 Å². The Bertz CT molecular complexity index is 558. The minimum atomic E-state index is -0.0888. The zero-order valence-corrected chi connectivity index (χ0v) is 15.4. The lowest BCUT2D eigenvalue weighted by molar-refractivity contribution is -0.862.